The van der Waals surface area contributed by atoms with E-state index in [1.165, 1.54) is 52.6 Å². The molecule has 0 bridgehead atoms. The second kappa shape index (κ2) is 8.67. The lowest BCUT2D eigenvalue weighted by molar-refractivity contribution is 0.788. The van der Waals surface area contributed by atoms with Crippen molar-refractivity contribution < 1.29 is 0 Å². The third-order valence-corrected chi connectivity index (χ3v) is 4.99. The van der Waals surface area contributed by atoms with Crippen molar-refractivity contribution in [1.29, 1.82) is 0 Å². The first-order chi connectivity index (χ1) is 12.3. The van der Waals surface area contributed by atoms with Crippen molar-refractivity contribution in [2.24, 2.45) is 0 Å². The first-order valence-corrected chi connectivity index (χ1v) is 9.45. The highest BCUT2D eigenvalue weighted by atomic mass is 14.1. The lowest BCUT2D eigenvalue weighted by Crippen LogP contribution is -1.97. The largest absolute Gasteiger partial charge is 0.0654 e. The molecule has 0 unspecified atom stereocenters. The van der Waals surface area contributed by atoms with Crippen LogP contribution in [-0.2, 0) is 19.3 Å². The molecule has 0 saturated carbocycles. The molecule has 0 aliphatic rings. The van der Waals surface area contributed by atoms with Gasteiger partial charge in [-0.05, 0) is 66.0 Å². The van der Waals surface area contributed by atoms with Gasteiger partial charge in [0.2, 0.25) is 0 Å². The van der Waals surface area contributed by atoms with Gasteiger partial charge in [0.05, 0.1) is 0 Å². The lowest BCUT2D eigenvalue weighted by atomic mass is 9.95. The minimum Gasteiger partial charge on any atom is -0.0654 e. The highest BCUT2D eigenvalue weighted by molar-refractivity contribution is 5.36. The van der Waals surface area contributed by atoms with Crippen LogP contribution in [0.4, 0.5) is 0 Å². The third-order valence-electron chi connectivity index (χ3n) is 4.99. The van der Waals surface area contributed by atoms with E-state index < -0.39 is 0 Å². The molecule has 0 atom stereocenters. The van der Waals surface area contributed by atoms with E-state index in [0.29, 0.717) is 0 Å². The van der Waals surface area contributed by atoms with E-state index in [9.17, 15) is 0 Å². The molecule has 128 valence electrons. The van der Waals surface area contributed by atoms with E-state index in [4.69, 9.17) is 0 Å². The molecular formula is C25H28. The Morgan fingerprint density at radius 3 is 1.72 bits per heavy atom. The Morgan fingerprint density at radius 2 is 1.12 bits per heavy atom. The second-order valence-corrected chi connectivity index (χ2v) is 6.97. The molecule has 0 nitrogen and oxygen atoms in total. The molecule has 0 aliphatic carbocycles. The first-order valence-electron chi connectivity index (χ1n) is 9.45. The average Bonchev–Trinajstić information content (AvgIpc) is 2.64. The van der Waals surface area contributed by atoms with Gasteiger partial charge in [-0.15, -0.1) is 0 Å². The summed E-state index contributed by atoms with van der Waals surface area (Å²) in [5.74, 6) is 0. The van der Waals surface area contributed by atoms with Gasteiger partial charge in [0.15, 0.2) is 0 Å². The van der Waals surface area contributed by atoms with Gasteiger partial charge >= 0.3 is 0 Å². The number of hydrogen-bond donors (Lipinski definition) is 0. The zero-order valence-electron chi connectivity index (χ0n) is 15.5. The van der Waals surface area contributed by atoms with Crippen LogP contribution in [0, 0.1) is 6.92 Å². The highest BCUT2D eigenvalue weighted by Gasteiger charge is 2.04. The van der Waals surface area contributed by atoms with Crippen molar-refractivity contribution in [3.63, 3.8) is 0 Å². The van der Waals surface area contributed by atoms with Gasteiger partial charge in [-0.1, -0.05) is 86.1 Å². The molecule has 0 radical (unpaired) electrons. The number of benzene rings is 3. The Bertz CT molecular complexity index is 796. The zero-order chi connectivity index (χ0) is 17.5. The molecule has 0 spiro atoms. The van der Waals surface area contributed by atoms with E-state index in [1.54, 1.807) is 0 Å². The van der Waals surface area contributed by atoms with Crippen LogP contribution in [-0.4, -0.2) is 0 Å². The van der Waals surface area contributed by atoms with Crippen molar-refractivity contribution in [1.82, 2.24) is 0 Å². The summed E-state index contributed by atoms with van der Waals surface area (Å²) in [6.07, 6.45) is 5.76. The molecule has 0 N–H and O–H groups in total. The van der Waals surface area contributed by atoms with Crippen LogP contribution in [0.15, 0.2) is 72.8 Å². The van der Waals surface area contributed by atoms with Crippen LogP contribution in [0.2, 0.25) is 0 Å². The minimum atomic E-state index is 1.01. The van der Waals surface area contributed by atoms with Crippen molar-refractivity contribution in [3.8, 4) is 0 Å². The van der Waals surface area contributed by atoms with Crippen LogP contribution in [0.3, 0.4) is 0 Å². The Labute approximate surface area is 152 Å². The molecule has 25 heavy (non-hydrogen) atoms. The maximum Gasteiger partial charge on any atom is -0.00230 e. The molecule has 0 aromatic heterocycles. The third kappa shape index (κ3) is 4.82. The maximum atomic E-state index is 2.30. The average molecular weight is 328 g/mol. The predicted octanol–water partition coefficient (Wildman–Crippen LogP) is 6.52. The normalized spacial score (nSPS) is 10.8. The van der Waals surface area contributed by atoms with Crippen LogP contribution >= 0.6 is 0 Å². The smallest absolute Gasteiger partial charge is 0.00230 e. The summed E-state index contributed by atoms with van der Waals surface area (Å²) in [7, 11) is 0. The van der Waals surface area contributed by atoms with Crippen LogP contribution in [0.1, 0.15) is 53.1 Å². The standard InChI is InChI=1S/C25H28/c1-3-4-10-23-11-7-8-13-25(23)19-22-16-14-21(15-17-22)18-24-12-6-5-9-20(24)2/h5-9,11-17H,3-4,10,18-19H2,1-2H3. The highest BCUT2D eigenvalue weighted by Crippen LogP contribution is 2.19. The monoisotopic (exact) mass is 328 g/mol. The summed E-state index contributed by atoms with van der Waals surface area (Å²) < 4.78 is 0. The molecule has 0 amide bonds. The van der Waals surface area contributed by atoms with E-state index in [1.807, 2.05) is 0 Å². The molecule has 0 aliphatic heterocycles. The van der Waals surface area contributed by atoms with Crippen LogP contribution < -0.4 is 0 Å². The molecule has 3 aromatic carbocycles. The molecule has 0 saturated heterocycles. The van der Waals surface area contributed by atoms with Crippen LogP contribution in [0.25, 0.3) is 0 Å². The summed E-state index contributed by atoms with van der Waals surface area (Å²) in [6.45, 7) is 4.45. The summed E-state index contributed by atoms with van der Waals surface area (Å²) in [5.41, 5.74) is 8.56. The van der Waals surface area contributed by atoms with Crippen LogP contribution in [0.5, 0.6) is 0 Å². The number of rotatable bonds is 7. The van der Waals surface area contributed by atoms with E-state index in [2.05, 4.69) is 86.6 Å². The Kier molecular flexibility index (Phi) is 6.06. The van der Waals surface area contributed by atoms with E-state index >= 15 is 0 Å². The van der Waals surface area contributed by atoms with Crippen molar-refractivity contribution in [2.75, 3.05) is 0 Å². The van der Waals surface area contributed by atoms with Gasteiger partial charge in [0, 0.05) is 0 Å². The quantitative estimate of drug-likeness (QED) is 0.463. The topological polar surface area (TPSA) is 0 Å². The Balaban J connectivity index is 1.70. The summed E-state index contributed by atoms with van der Waals surface area (Å²) in [4.78, 5) is 0. The van der Waals surface area contributed by atoms with Crippen molar-refractivity contribution >= 4 is 0 Å². The second-order valence-electron chi connectivity index (χ2n) is 6.97. The molecule has 3 aromatic rings. The predicted molar refractivity (Wildman–Crippen MR) is 108 cm³/mol. The Hall–Kier alpha value is -2.34. The fraction of sp³-hybridized carbons (Fsp3) is 0.280. The van der Waals surface area contributed by atoms with Gasteiger partial charge in [-0.2, -0.15) is 0 Å². The van der Waals surface area contributed by atoms with Gasteiger partial charge in [-0.3, -0.25) is 0 Å². The minimum absolute atomic E-state index is 1.01. The molecule has 3 rings (SSSR count). The SMILES string of the molecule is CCCCc1ccccc1Cc1ccc(Cc2ccccc2C)cc1. The summed E-state index contributed by atoms with van der Waals surface area (Å²) >= 11 is 0. The van der Waals surface area contributed by atoms with E-state index in [-0.39, 0.29) is 0 Å². The molecule has 0 fully saturated rings. The summed E-state index contributed by atoms with van der Waals surface area (Å²) in [6, 6.07) is 26.7. The zero-order valence-corrected chi connectivity index (χ0v) is 15.5. The van der Waals surface area contributed by atoms with Crippen molar-refractivity contribution in [3.05, 3.63) is 106 Å². The number of aryl methyl sites for hydroxylation is 2. The lowest BCUT2D eigenvalue weighted by Gasteiger charge is -2.10. The Morgan fingerprint density at radius 1 is 0.600 bits per heavy atom. The van der Waals surface area contributed by atoms with Crippen molar-refractivity contribution in [2.45, 2.75) is 46.0 Å². The number of unbranched alkanes of at least 4 members (excludes halogenated alkanes) is 1. The summed E-state index contributed by atoms with van der Waals surface area (Å²) in [5, 5.41) is 0. The fourth-order valence-corrected chi connectivity index (χ4v) is 3.36. The first kappa shape index (κ1) is 17.5. The van der Waals surface area contributed by atoms with Gasteiger partial charge in [0.1, 0.15) is 0 Å². The van der Waals surface area contributed by atoms with Gasteiger partial charge in [0.25, 0.3) is 0 Å². The maximum absolute atomic E-state index is 2.30. The molecule has 0 heterocycles. The van der Waals surface area contributed by atoms with Gasteiger partial charge in [-0.25, -0.2) is 0 Å². The van der Waals surface area contributed by atoms with E-state index in [0.717, 1.165) is 12.8 Å². The number of hydrogen-bond acceptors (Lipinski definition) is 0. The van der Waals surface area contributed by atoms with Gasteiger partial charge < -0.3 is 0 Å². The molecular weight excluding hydrogens is 300 g/mol. The fourth-order valence-electron chi connectivity index (χ4n) is 3.36. The molecule has 0 heteroatoms.